The number of carbonyl (C=O) groups excluding carboxylic acids is 1. The average molecular weight is 495 g/mol. The Morgan fingerprint density at radius 1 is 0.971 bits per heavy atom. The van der Waals surface area contributed by atoms with Gasteiger partial charge >= 0.3 is 0 Å². The first kappa shape index (κ1) is 24.6. The Morgan fingerprint density at radius 2 is 1.66 bits per heavy atom. The minimum absolute atomic E-state index is 0.141. The van der Waals surface area contributed by atoms with Gasteiger partial charge in [-0.2, -0.15) is 0 Å². The molecule has 3 aromatic carbocycles. The number of sulfonamides is 1. The Balaban J connectivity index is 1.45. The van der Waals surface area contributed by atoms with Crippen LogP contribution in [0, 0.1) is 6.92 Å². The summed E-state index contributed by atoms with van der Waals surface area (Å²) < 4.78 is 37.5. The van der Waals surface area contributed by atoms with E-state index in [0.29, 0.717) is 36.8 Å². The van der Waals surface area contributed by atoms with Crippen molar-refractivity contribution in [2.45, 2.75) is 25.8 Å². The standard InChI is InChI=1S/C27H30N2O5S/c1-20-9-6-7-12-23(20)27(21-10-4-3-5-11-21)28-26(30)13-8-16-29(35(2,31)32)22-14-15-24-25(19-22)34-18-17-33-24/h3-7,9-12,14-15,19,27H,8,13,16-18H2,1-2H3,(H,28,30). The summed E-state index contributed by atoms with van der Waals surface area (Å²) in [6.07, 6.45) is 1.71. The smallest absolute Gasteiger partial charge is 0.232 e. The van der Waals surface area contributed by atoms with Gasteiger partial charge in [-0.25, -0.2) is 8.42 Å². The van der Waals surface area contributed by atoms with Crippen molar-refractivity contribution in [2.75, 3.05) is 30.3 Å². The first-order valence-electron chi connectivity index (χ1n) is 11.6. The largest absolute Gasteiger partial charge is 0.486 e. The normalized spacial score (nSPS) is 13.7. The van der Waals surface area contributed by atoms with Gasteiger partial charge in [0, 0.05) is 19.0 Å². The molecule has 35 heavy (non-hydrogen) atoms. The highest BCUT2D eigenvalue weighted by molar-refractivity contribution is 7.92. The molecule has 4 rings (SSSR count). The summed E-state index contributed by atoms with van der Waals surface area (Å²) in [7, 11) is -3.55. The van der Waals surface area contributed by atoms with E-state index in [1.165, 1.54) is 4.31 Å². The third kappa shape index (κ3) is 6.14. The van der Waals surface area contributed by atoms with Gasteiger partial charge in [-0.15, -0.1) is 0 Å². The molecule has 1 aliphatic heterocycles. The molecule has 0 fully saturated rings. The molecule has 1 atom stereocenters. The van der Waals surface area contributed by atoms with Crippen molar-refractivity contribution in [3.05, 3.63) is 89.5 Å². The monoisotopic (exact) mass is 494 g/mol. The van der Waals surface area contributed by atoms with Crippen molar-refractivity contribution in [3.63, 3.8) is 0 Å². The zero-order valence-corrected chi connectivity index (χ0v) is 20.8. The molecule has 7 nitrogen and oxygen atoms in total. The van der Waals surface area contributed by atoms with Gasteiger partial charge in [-0.05, 0) is 42.2 Å². The van der Waals surface area contributed by atoms with Crippen LogP contribution in [0.2, 0.25) is 0 Å². The van der Waals surface area contributed by atoms with Gasteiger partial charge in [-0.3, -0.25) is 9.10 Å². The highest BCUT2D eigenvalue weighted by Gasteiger charge is 2.22. The fourth-order valence-corrected chi connectivity index (χ4v) is 5.14. The van der Waals surface area contributed by atoms with Crippen molar-refractivity contribution < 1.29 is 22.7 Å². The minimum atomic E-state index is -3.55. The third-order valence-corrected chi connectivity index (χ3v) is 7.11. The number of hydrogen-bond acceptors (Lipinski definition) is 5. The molecule has 1 amide bonds. The van der Waals surface area contributed by atoms with Crippen LogP contribution in [-0.4, -0.2) is 40.3 Å². The van der Waals surface area contributed by atoms with Crippen LogP contribution in [0.3, 0.4) is 0 Å². The lowest BCUT2D eigenvalue weighted by molar-refractivity contribution is -0.121. The van der Waals surface area contributed by atoms with E-state index in [2.05, 4.69) is 5.32 Å². The number of nitrogens with one attached hydrogen (secondary N) is 1. The molecule has 3 aromatic rings. The molecule has 0 saturated heterocycles. The molecule has 0 aromatic heterocycles. The Bertz CT molecular complexity index is 1280. The lowest BCUT2D eigenvalue weighted by atomic mass is 9.95. The number of ether oxygens (including phenoxy) is 2. The van der Waals surface area contributed by atoms with Crippen LogP contribution >= 0.6 is 0 Å². The van der Waals surface area contributed by atoms with E-state index < -0.39 is 10.0 Å². The summed E-state index contributed by atoms with van der Waals surface area (Å²) in [6, 6.07) is 22.6. The molecule has 0 saturated carbocycles. The van der Waals surface area contributed by atoms with Crippen LogP contribution in [-0.2, 0) is 14.8 Å². The van der Waals surface area contributed by atoms with E-state index in [0.717, 1.165) is 22.9 Å². The molecule has 0 bridgehead atoms. The molecule has 1 heterocycles. The number of nitrogens with zero attached hydrogens (tertiary/aromatic N) is 1. The van der Waals surface area contributed by atoms with Gasteiger partial charge < -0.3 is 14.8 Å². The fraction of sp³-hybridized carbons (Fsp3) is 0.296. The first-order chi connectivity index (χ1) is 16.8. The number of hydrogen-bond donors (Lipinski definition) is 1. The number of rotatable bonds is 9. The van der Waals surface area contributed by atoms with Crippen molar-refractivity contribution in [1.29, 1.82) is 0 Å². The Hall–Kier alpha value is -3.52. The molecule has 0 aliphatic carbocycles. The number of fused-ring (bicyclic) bond motifs is 1. The number of amides is 1. The van der Waals surface area contributed by atoms with Gasteiger partial charge in [0.25, 0.3) is 0 Å². The zero-order valence-electron chi connectivity index (χ0n) is 19.9. The average Bonchev–Trinajstić information content (AvgIpc) is 2.85. The molecule has 1 unspecified atom stereocenters. The second-order valence-electron chi connectivity index (χ2n) is 8.53. The Kier molecular flexibility index (Phi) is 7.60. The molecule has 0 spiro atoms. The molecular weight excluding hydrogens is 464 g/mol. The molecule has 0 radical (unpaired) electrons. The predicted molar refractivity (Wildman–Crippen MR) is 136 cm³/mol. The number of carbonyl (C=O) groups is 1. The van der Waals surface area contributed by atoms with Gasteiger partial charge in [0.2, 0.25) is 15.9 Å². The third-order valence-electron chi connectivity index (χ3n) is 5.92. The Labute approximate surface area is 206 Å². The summed E-state index contributed by atoms with van der Waals surface area (Å²) in [5.41, 5.74) is 3.59. The van der Waals surface area contributed by atoms with Crippen LogP contribution < -0.4 is 19.1 Å². The van der Waals surface area contributed by atoms with Crippen molar-refractivity contribution in [1.82, 2.24) is 5.32 Å². The van der Waals surface area contributed by atoms with E-state index in [-0.39, 0.29) is 24.9 Å². The molecule has 1 aliphatic rings. The van der Waals surface area contributed by atoms with Crippen LogP contribution in [0.15, 0.2) is 72.8 Å². The second-order valence-corrected chi connectivity index (χ2v) is 10.4. The number of benzene rings is 3. The maximum Gasteiger partial charge on any atom is 0.232 e. The second kappa shape index (κ2) is 10.8. The molecule has 1 N–H and O–H groups in total. The van der Waals surface area contributed by atoms with E-state index in [1.807, 2.05) is 61.5 Å². The van der Waals surface area contributed by atoms with E-state index in [4.69, 9.17) is 9.47 Å². The summed E-state index contributed by atoms with van der Waals surface area (Å²) in [5.74, 6) is 0.970. The van der Waals surface area contributed by atoms with Crippen LogP contribution in [0.1, 0.15) is 35.6 Å². The van der Waals surface area contributed by atoms with E-state index in [1.54, 1.807) is 18.2 Å². The van der Waals surface area contributed by atoms with Crippen molar-refractivity contribution >= 4 is 21.6 Å². The summed E-state index contributed by atoms with van der Waals surface area (Å²) in [4.78, 5) is 13.0. The highest BCUT2D eigenvalue weighted by atomic mass is 32.2. The fourth-order valence-electron chi connectivity index (χ4n) is 4.19. The molecular formula is C27H30N2O5S. The lowest BCUT2D eigenvalue weighted by Gasteiger charge is -2.25. The van der Waals surface area contributed by atoms with Crippen LogP contribution in [0.5, 0.6) is 11.5 Å². The van der Waals surface area contributed by atoms with Crippen LogP contribution in [0.25, 0.3) is 0 Å². The predicted octanol–water partition coefficient (Wildman–Crippen LogP) is 4.22. The van der Waals surface area contributed by atoms with E-state index in [9.17, 15) is 13.2 Å². The maximum atomic E-state index is 13.0. The number of anilines is 1. The highest BCUT2D eigenvalue weighted by Crippen LogP contribution is 2.34. The topological polar surface area (TPSA) is 84.9 Å². The van der Waals surface area contributed by atoms with Gasteiger partial charge in [-0.1, -0.05) is 54.6 Å². The Morgan fingerprint density at radius 3 is 2.37 bits per heavy atom. The maximum absolute atomic E-state index is 13.0. The molecule has 8 heteroatoms. The van der Waals surface area contributed by atoms with E-state index >= 15 is 0 Å². The summed E-state index contributed by atoms with van der Waals surface area (Å²) >= 11 is 0. The zero-order chi connectivity index (χ0) is 24.8. The van der Waals surface area contributed by atoms with Gasteiger partial charge in [0.1, 0.15) is 13.2 Å². The van der Waals surface area contributed by atoms with Crippen molar-refractivity contribution in [3.8, 4) is 11.5 Å². The number of aryl methyl sites for hydroxylation is 1. The quantitative estimate of drug-likeness (QED) is 0.482. The lowest BCUT2D eigenvalue weighted by Crippen LogP contribution is -2.33. The SMILES string of the molecule is Cc1ccccc1C(NC(=O)CCCN(c1ccc2c(c1)OCCO2)S(C)(=O)=O)c1ccccc1. The van der Waals surface area contributed by atoms with Crippen molar-refractivity contribution in [2.24, 2.45) is 0 Å². The molecule has 184 valence electrons. The van der Waals surface area contributed by atoms with Gasteiger partial charge in [0.15, 0.2) is 11.5 Å². The van der Waals surface area contributed by atoms with Crippen LogP contribution in [0.4, 0.5) is 5.69 Å². The summed E-state index contributed by atoms with van der Waals surface area (Å²) in [6.45, 7) is 3.07. The van der Waals surface area contributed by atoms with Gasteiger partial charge in [0.05, 0.1) is 18.0 Å². The first-order valence-corrected chi connectivity index (χ1v) is 13.4. The minimum Gasteiger partial charge on any atom is -0.486 e. The summed E-state index contributed by atoms with van der Waals surface area (Å²) in [5, 5.41) is 3.14.